The van der Waals surface area contributed by atoms with Crippen molar-refractivity contribution in [3.8, 4) is 5.75 Å². The van der Waals surface area contributed by atoms with Gasteiger partial charge in [0.1, 0.15) is 5.75 Å². The zero-order chi connectivity index (χ0) is 12.5. The van der Waals surface area contributed by atoms with E-state index < -0.39 is 0 Å². The number of Topliss-reactive ketones (excluding diaryl/α,β-unsaturated/α-hetero) is 1. The average molecular weight is 250 g/mol. The molecule has 2 nitrogen and oxygen atoms in total. The summed E-state index contributed by atoms with van der Waals surface area (Å²) in [7, 11) is 1.64. The van der Waals surface area contributed by atoms with Crippen LogP contribution in [0.3, 0.4) is 0 Å². The molecule has 0 N–H and O–H groups in total. The number of hydrogen-bond donors (Lipinski definition) is 0. The molecule has 3 heteroatoms. The zero-order valence-corrected chi connectivity index (χ0v) is 11.4. The lowest BCUT2D eigenvalue weighted by atomic mass is 9.92. The number of methoxy groups -OCH3 is 1. The first kappa shape index (κ1) is 12.5. The number of thioether (sulfide) groups is 1. The van der Waals surface area contributed by atoms with Gasteiger partial charge in [0.2, 0.25) is 0 Å². The van der Waals surface area contributed by atoms with Gasteiger partial charge in [0, 0.05) is 5.56 Å². The van der Waals surface area contributed by atoms with Gasteiger partial charge in [-0.25, -0.2) is 0 Å². The molecule has 1 unspecified atom stereocenters. The van der Waals surface area contributed by atoms with E-state index in [1.54, 1.807) is 18.9 Å². The minimum absolute atomic E-state index is 0.223. The molecule has 0 bridgehead atoms. The number of ketones is 1. The van der Waals surface area contributed by atoms with Crippen LogP contribution in [0, 0.1) is 6.92 Å². The number of benzene rings is 1. The van der Waals surface area contributed by atoms with Crippen molar-refractivity contribution < 1.29 is 9.53 Å². The van der Waals surface area contributed by atoms with E-state index in [0.717, 1.165) is 35.5 Å². The van der Waals surface area contributed by atoms with Crippen LogP contribution >= 0.6 is 11.8 Å². The van der Waals surface area contributed by atoms with Crippen LogP contribution in [0.15, 0.2) is 18.2 Å². The SMILES string of the molecule is COc1ccc(C(=O)C2(C)CCCS2)c(C)c1. The molecule has 1 aliphatic rings. The highest BCUT2D eigenvalue weighted by Gasteiger charge is 2.38. The predicted molar refractivity (Wildman–Crippen MR) is 72.2 cm³/mol. The summed E-state index contributed by atoms with van der Waals surface area (Å²) in [5, 5.41) is 0. The second-order valence-corrected chi connectivity index (χ2v) is 6.29. The summed E-state index contributed by atoms with van der Waals surface area (Å²) < 4.78 is 4.94. The zero-order valence-electron chi connectivity index (χ0n) is 10.6. The molecular formula is C14H18O2S. The predicted octanol–water partition coefficient (Wildman–Crippen LogP) is 3.47. The number of ether oxygens (including phenoxy) is 1. The molecule has 2 rings (SSSR count). The molecule has 92 valence electrons. The smallest absolute Gasteiger partial charge is 0.178 e. The fraction of sp³-hybridized carbons (Fsp3) is 0.500. The van der Waals surface area contributed by atoms with Crippen molar-refractivity contribution >= 4 is 17.5 Å². The van der Waals surface area contributed by atoms with Crippen LogP contribution in [0.25, 0.3) is 0 Å². The summed E-state index contributed by atoms with van der Waals surface area (Å²) in [6.07, 6.45) is 2.13. The lowest BCUT2D eigenvalue weighted by molar-refractivity contribution is 0.0948. The standard InChI is InChI=1S/C14H18O2S/c1-10-9-11(16-3)5-6-12(10)13(15)14(2)7-4-8-17-14/h5-6,9H,4,7-8H2,1-3H3. The van der Waals surface area contributed by atoms with Crippen molar-refractivity contribution in [2.45, 2.75) is 31.4 Å². The number of aryl methyl sites for hydroxylation is 1. The monoisotopic (exact) mass is 250 g/mol. The summed E-state index contributed by atoms with van der Waals surface area (Å²) in [4.78, 5) is 12.5. The molecular weight excluding hydrogens is 232 g/mol. The van der Waals surface area contributed by atoms with E-state index >= 15 is 0 Å². The maximum atomic E-state index is 12.5. The topological polar surface area (TPSA) is 26.3 Å². The molecule has 0 amide bonds. The van der Waals surface area contributed by atoms with Gasteiger partial charge in [-0.05, 0) is 56.2 Å². The van der Waals surface area contributed by atoms with E-state index in [2.05, 4.69) is 6.92 Å². The lowest BCUT2D eigenvalue weighted by Crippen LogP contribution is -2.29. The minimum atomic E-state index is -0.223. The third-order valence-corrected chi connectivity index (χ3v) is 4.90. The first-order chi connectivity index (χ1) is 8.07. The maximum Gasteiger partial charge on any atom is 0.178 e. The van der Waals surface area contributed by atoms with E-state index in [1.165, 1.54) is 0 Å². The van der Waals surface area contributed by atoms with Crippen LogP contribution in [-0.2, 0) is 0 Å². The highest BCUT2D eigenvalue weighted by atomic mass is 32.2. The molecule has 0 radical (unpaired) electrons. The Labute approximate surface area is 107 Å². The first-order valence-corrected chi connectivity index (χ1v) is 6.89. The molecule has 1 fully saturated rings. The lowest BCUT2D eigenvalue weighted by Gasteiger charge is -2.22. The normalized spacial score (nSPS) is 23.7. The summed E-state index contributed by atoms with van der Waals surface area (Å²) in [5.41, 5.74) is 1.84. The van der Waals surface area contributed by atoms with Gasteiger partial charge >= 0.3 is 0 Å². The summed E-state index contributed by atoms with van der Waals surface area (Å²) in [5.74, 6) is 2.17. The van der Waals surface area contributed by atoms with Gasteiger partial charge in [0.15, 0.2) is 5.78 Å². The van der Waals surface area contributed by atoms with Crippen molar-refractivity contribution in [2.24, 2.45) is 0 Å². The number of carbonyl (C=O) groups is 1. The molecule has 1 aliphatic heterocycles. The van der Waals surface area contributed by atoms with Gasteiger partial charge in [-0.2, -0.15) is 0 Å². The Kier molecular flexibility index (Phi) is 3.48. The van der Waals surface area contributed by atoms with Gasteiger partial charge in [0.05, 0.1) is 11.9 Å². The fourth-order valence-corrected chi connectivity index (χ4v) is 3.53. The average Bonchev–Trinajstić information content (AvgIpc) is 2.76. The van der Waals surface area contributed by atoms with Crippen LogP contribution in [-0.4, -0.2) is 23.4 Å². The Balaban J connectivity index is 2.31. The van der Waals surface area contributed by atoms with Gasteiger partial charge in [0.25, 0.3) is 0 Å². The second kappa shape index (κ2) is 4.73. The van der Waals surface area contributed by atoms with E-state index in [-0.39, 0.29) is 10.5 Å². The minimum Gasteiger partial charge on any atom is -0.497 e. The number of carbonyl (C=O) groups excluding carboxylic acids is 1. The van der Waals surface area contributed by atoms with Crippen molar-refractivity contribution in [3.05, 3.63) is 29.3 Å². The van der Waals surface area contributed by atoms with E-state index in [0.29, 0.717) is 0 Å². The first-order valence-electron chi connectivity index (χ1n) is 5.90. The molecule has 0 aliphatic carbocycles. The van der Waals surface area contributed by atoms with E-state index in [9.17, 15) is 4.79 Å². The third-order valence-electron chi connectivity index (χ3n) is 3.38. The molecule has 1 saturated heterocycles. The van der Waals surface area contributed by atoms with Crippen LogP contribution in [0.4, 0.5) is 0 Å². The van der Waals surface area contributed by atoms with E-state index in [1.807, 2.05) is 25.1 Å². The van der Waals surface area contributed by atoms with Crippen molar-refractivity contribution in [3.63, 3.8) is 0 Å². The molecule has 0 aromatic heterocycles. The molecule has 1 aromatic carbocycles. The molecule has 0 saturated carbocycles. The highest BCUT2D eigenvalue weighted by Crippen LogP contribution is 2.40. The van der Waals surface area contributed by atoms with Crippen molar-refractivity contribution in [1.29, 1.82) is 0 Å². The van der Waals surface area contributed by atoms with Gasteiger partial charge in [-0.3, -0.25) is 4.79 Å². The van der Waals surface area contributed by atoms with Crippen LogP contribution in [0.5, 0.6) is 5.75 Å². The summed E-state index contributed by atoms with van der Waals surface area (Å²) >= 11 is 1.79. The van der Waals surface area contributed by atoms with Crippen LogP contribution < -0.4 is 4.74 Å². The Morgan fingerprint density at radius 2 is 2.24 bits per heavy atom. The third kappa shape index (κ3) is 2.34. The van der Waals surface area contributed by atoms with Gasteiger partial charge < -0.3 is 4.74 Å². The largest absolute Gasteiger partial charge is 0.497 e. The quantitative estimate of drug-likeness (QED) is 0.768. The molecule has 0 spiro atoms. The Morgan fingerprint density at radius 1 is 1.47 bits per heavy atom. The number of rotatable bonds is 3. The Bertz CT molecular complexity index is 434. The maximum absolute atomic E-state index is 12.5. The van der Waals surface area contributed by atoms with E-state index in [4.69, 9.17) is 4.74 Å². The van der Waals surface area contributed by atoms with Crippen LogP contribution in [0.2, 0.25) is 0 Å². The molecule has 1 heterocycles. The highest BCUT2D eigenvalue weighted by molar-refractivity contribution is 8.01. The molecule has 1 aromatic rings. The second-order valence-electron chi connectivity index (χ2n) is 4.69. The number of hydrogen-bond acceptors (Lipinski definition) is 3. The Morgan fingerprint density at radius 3 is 2.76 bits per heavy atom. The Hall–Kier alpha value is -0.960. The van der Waals surface area contributed by atoms with Crippen molar-refractivity contribution in [1.82, 2.24) is 0 Å². The van der Waals surface area contributed by atoms with Crippen molar-refractivity contribution in [2.75, 3.05) is 12.9 Å². The molecule has 17 heavy (non-hydrogen) atoms. The molecule has 1 atom stereocenters. The van der Waals surface area contributed by atoms with Gasteiger partial charge in [-0.15, -0.1) is 11.8 Å². The fourth-order valence-electron chi connectivity index (χ4n) is 2.26. The van der Waals surface area contributed by atoms with Gasteiger partial charge in [-0.1, -0.05) is 0 Å². The van der Waals surface area contributed by atoms with Crippen LogP contribution in [0.1, 0.15) is 35.7 Å². The summed E-state index contributed by atoms with van der Waals surface area (Å²) in [6, 6.07) is 5.68. The summed E-state index contributed by atoms with van der Waals surface area (Å²) in [6.45, 7) is 4.04.